The summed E-state index contributed by atoms with van der Waals surface area (Å²) < 4.78 is 14.2. The molecule has 0 aliphatic heterocycles. The van der Waals surface area contributed by atoms with E-state index in [-0.39, 0.29) is 30.4 Å². The average molecular weight is 255 g/mol. The molecule has 0 aromatic carbocycles. The largest absolute Gasteiger partial charge is 0.483 e. The quantitative estimate of drug-likeness (QED) is 0.556. The van der Waals surface area contributed by atoms with Gasteiger partial charge in [0, 0.05) is 40.8 Å². The Morgan fingerprint density at radius 2 is 1.11 bits per heavy atom. The number of rotatable bonds is 3. The van der Waals surface area contributed by atoms with Gasteiger partial charge in [0.15, 0.2) is 0 Å². The summed E-state index contributed by atoms with van der Waals surface area (Å²) in [4.78, 5) is 0. The summed E-state index contributed by atoms with van der Waals surface area (Å²) in [7, 11) is 3.05. The van der Waals surface area contributed by atoms with Gasteiger partial charge in [-0.3, -0.25) is 0 Å². The van der Waals surface area contributed by atoms with E-state index in [1.54, 1.807) is 21.3 Å². The first-order valence-electron chi connectivity index (χ1n) is 1.93. The first kappa shape index (κ1) is 16.5. The van der Waals surface area contributed by atoms with Crippen molar-refractivity contribution in [3.8, 4) is 0 Å². The van der Waals surface area contributed by atoms with Gasteiger partial charge in [-0.1, -0.05) is 0 Å². The maximum atomic E-state index is 4.74. The first-order chi connectivity index (χ1) is 3.35. The number of hydrogen-bond donors (Lipinski definition) is 0. The minimum Gasteiger partial charge on any atom is -0.379 e. The van der Waals surface area contributed by atoms with Crippen LogP contribution in [0, 0.1) is 0 Å². The maximum absolute atomic E-state index is 4.74. The Balaban J connectivity index is -0.000000180. The van der Waals surface area contributed by atoms with Gasteiger partial charge in [0.1, 0.15) is 0 Å². The van der Waals surface area contributed by atoms with Crippen LogP contribution in [0.4, 0.5) is 0 Å². The zero-order valence-electron chi connectivity index (χ0n) is 5.16. The third-order valence-electron chi connectivity index (χ3n) is 0.577. The van der Waals surface area contributed by atoms with Crippen molar-refractivity contribution in [3.63, 3.8) is 0 Å². The predicted octanol–water partition coefficient (Wildman–Crippen LogP) is -1.81. The van der Waals surface area contributed by atoms with Gasteiger partial charge in [-0.25, -0.2) is 0 Å². The molecule has 0 bridgehead atoms. The predicted molar refractivity (Wildman–Crippen MR) is 39.5 cm³/mol. The second kappa shape index (κ2) is 11.7. The molecular weight excluding hydrogens is 241 g/mol. The minimum atomic E-state index is -1.67. The summed E-state index contributed by atoms with van der Waals surface area (Å²) in [5, 5.41) is 0. The van der Waals surface area contributed by atoms with Crippen molar-refractivity contribution >= 4 is 20.5 Å². The molecule has 6 heteroatoms. The summed E-state index contributed by atoms with van der Waals surface area (Å²) in [6.45, 7) is 0. The molecule has 9 heavy (non-hydrogen) atoms. The SMILES string of the molecule is CO[SiH](OC)OC.[Ru].[SiH4]. The molecule has 0 aliphatic carbocycles. The first-order valence-corrected chi connectivity index (χ1v) is 3.35. The Bertz CT molecular complexity index is 38.5. The van der Waals surface area contributed by atoms with Gasteiger partial charge < -0.3 is 13.3 Å². The van der Waals surface area contributed by atoms with Crippen LogP contribution in [0.25, 0.3) is 0 Å². The summed E-state index contributed by atoms with van der Waals surface area (Å²) in [5.41, 5.74) is 0. The monoisotopic (exact) mass is 256 g/mol. The van der Waals surface area contributed by atoms with E-state index >= 15 is 0 Å². The van der Waals surface area contributed by atoms with Crippen molar-refractivity contribution in [2.75, 3.05) is 21.3 Å². The zero-order valence-corrected chi connectivity index (χ0v) is 8.05. The molecule has 0 N–H and O–H groups in total. The molecule has 0 aliphatic rings. The molecule has 0 aromatic rings. The van der Waals surface area contributed by atoms with Crippen molar-refractivity contribution in [1.82, 2.24) is 0 Å². The molecule has 0 amide bonds. The molecule has 0 rings (SSSR count). The summed E-state index contributed by atoms with van der Waals surface area (Å²) in [6, 6.07) is 0. The van der Waals surface area contributed by atoms with Crippen LogP contribution >= 0.6 is 0 Å². The molecule has 0 atom stereocenters. The second-order valence-corrected chi connectivity index (χ2v) is 2.99. The Morgan fingerprint density at radius 1 is 0.889 bits per heavy atom. The van der Waals surface area contributed by atoms with Crippen LogP contribution in [0.3, 0.4) is 0 Å². The van der Waals surface area contributed by atoms with Gasteiger partial charge >= 0.3 is 9.53 Å². The Morgan fingerprint density at radius 3 is 1.11 bits per heavy atom. The van der Waals surface area contributed by atoms with Gasteiger partial charge in [-0.2, -0.15) is 0 Å². The summed E-state index contributed by atoms with van der Waals surface area (Å²) in [6.07, 6.45) is 0. The molecule has 3 nitrogen and oxygen atoms in total. The Kier molecular flexibility index (Phi) is 21.4. The van der Waals surface area contributed by atoms with Gasteiger partial charge in [0.05, 0.1) is 0 Å². The topological polar surface area (TPSA) is 27.7 Å². The van der Waals surface area contributed by atoms with E-state index in [1.165, 1.54) is 0 Å². The van der Waals surface area contributed by atoms with E-state index in [0.29, 0.717) is 0 Å². The van der Waals surface area contributed by atoms with Crippen LogP contribution in [-0.4, -0.2) is 41.8 Å². The molecule has 0 spiro atoms. The van der Waals surface area contributed by atoms with Gasteiger partial charge in [-0.05, 0) is 11.0 Å². The molecule has 0 saturated heterocycles. The second-order valence-electron chi connectivity index (χ2n) is 0.996. The van der Waals surface area contributed by atoms with E-state index in [1.807, 2.05) is 0 Å². The molecule has 0 fully saturated rings. The molecule has 0 unspecified atom stereocenters. The molecule has 0 radical (unpaired) electrons. The van der Waals surface area contributed by atoms with Crippen LogP contribution in [-0.2, 0) is 32.8 Å². The van der Waals surface area contributed by atoms with Gasteiger partial charge in [0.25, 0.3) is 0 Å². The van der Waals surface area contributed by atoms with Gasteiger partial charge in [-0.15, -0.1) is 0 Å². The van der Waals surface area contributed by atoms with Crippen LogP contribution in [0.5, 0.6) is 0 Å². The van der Waals surface area contributed by atoms with Crippen molar-refractivity contribution in [1.29, 1.82) is 0 Å². The van der Waals surface area contributed by atoms with Crippen molar-refractivity contribution in [2.24, 2.45) is 0 Å². The summed E-state index contributed by atoms with van der Waals surface area (Å²) >= 11 is 0. The Labute approximate surface area is 74.8 Å². The van der Waals surface area contributed by atoms with E-state index in [2.05, 4.69) is 0 Å². The fourth-order valence-electron chi connectivity index (χ4n) is 0.289. The van der Waals surface area contributed by atoms with Gasteiger partial charge in [0.2, 0.25) is 0 Å². The van der Waals surface area contributed by atoms with E-state index in [9.17, 15) is 0 Å². The smallest absolute Gasteiger partial charge is 0.379 e. The van der Waals surface area contributed by atoms with E-state index < -0.39 is 9.53 Å². The maximum Gasteiger partial charge on any atom is 0.483 e. The standard InChI is InChI=1S/C3H10O3Si.Ru.H4Si/c1-4-7(5-2)6-3;;/h7H,1-3H3;;1H4. The normalized spacial score (nSPS) is 8.00. The van der Waals surface area contributed by atoms with E-state index in [4.69, 9.17) is 13.3 Å². The fraction of sp³-hybridized carbons (Fsp3) is 1.00. The third-order valence-corrected chi connectivity index (χ3v) is 1.73. The Hall–Kier alpha value is 0.937. The zero-order chi connectivity index (χ0) is 5.70. The average Bonchev–Trinajstić information content (AvgIpc) is 1.72. The van der Waals surface area contributed by atoms with Crippen molar-refractivity contribution < 1.29 is 32.8 Å². The minimum absolute atomic E-state index is 0. The van der Waals surface area contributed by atoms with Crippen LogP contribution in [0.1, 0.15) is 0 Å². The molecule has 60 valence electrons. The summed E-state index contributed by atoms with van der Waals surface area (Å²) in [5.74, 6) is 0. The fourth-order valence-corrected chi connectivity index (χ4v) is 0.866. The van der Waals surface area contributed by atoms with E-state index in [0.717, 1.165) is 0 Å². The number of hydrogen-bond acceptors (Lipinski definition) is 3. The third kappa shape index (κ3) is 8.94. The molecule has 0 saturated carbocycles. The van der Waals surface area contributed by atoms with Crippen LogP contribution in [0.2, 0.25) is 0 Å². The molecule has 0 heterocycles. The van der Waals surface area contributed by atoms with Crippen molar-refractivity contribution in [2.45, 2.75) is 0 Å². The van der Waals surface area contributed by atoms with Crippen LogP contribution < -0.4 is 0 Å². The molecule has 0 aromatic heterocycles. The van der Waals surface area contributed by atoms with Crippen LogP contribution in [0.15, 0.2) is 0 Å². The molecular formula is C3H14O3RuSi2. The van der Waals surface area contributed by atoms with Crippen molar-refractivity contribution in [3.05, 3.63) is 0 Å².